The van der Waals surface area contributed by atoms with E-state index in [9.17, 15) is 0 Å². The van der Waals surface area contributed by atoms with Gasteiger partial charge in [0.15, 0.2) is 0 Å². The Morgan fingerprint density at radius 2 is 0.500 bits per heavy atom. The highest BCUT2D eigenvalue weighted by atomic mass is 15.1. The van der Waals surface area contributed by atoms with Gasteiger partial charge in [0.1, 0.15) is 0 Å². The normalized spacial score (nSPS) is 11.3. The highest BCUT2D eigenvalue weighted by Gasteiger charge is 2.23. The zero-order valence-corrected chi connectivity index (χ0v) is 36.1. The van der Waals surface area contributed by atoms with Crippen molar-refractivity contribution in [2.75, 3.05) is 9.80 Å². The molecule has 0 bridgehead atoms. The third kappa shape index (κ3) is 7.46. The van der Waals surface area contributed by atoms with Gasteiger partial charge in [0, 0.05) is 34.1 Å². The van der Waals surface area contributed by atoms with Gasteiger partial charge in [0.05, 0.1) is 0 Å². The first-order chi connectivity index (χ1) is 29.0. The summed E-state index contributed by atoms with van der Waals surface area (Å²) in [5.74, 6) is 0. The van der Waals surface area contributed by atoms with Crippen LogP contribution in [-0.4, -0.2) is 0 Å². The first-order valence-corrected chi connectivity index (χ1v) is 21.1. The molecule has 0 fully saturated rings. The van der Waals surface area contributed by atoms with Crippen LogP contribution in [0.3, 0.4) is 0 Å². The lowest BCUT2D eigenvalue weighted by molar-refractivity contribution is 1.24. The Hall–Kier alpha value is -6.90. The quantitative estimate of drug-likeness (QED) is 0.142. The molecule has 0 N–H and O–H groups in total. The Bertz CT molecular complexity index is 2670. The summed E-state index contributed by atoms with van der Waals surface area (Å²) >= 11 is 0. The predicted molar refractivity (Wildman–Crippen MR) is 260 cm³/mol. The van der Waals surface area contributed by atoms with Crippen molar-refractivity contribution >= 4 is 55.7 Å². The average molecular weight is 777 g/mol. The second-order valence-corrected chi connectivity index (χ2v) is 17.0. The molecule has 0 spiro atoms. The molecule has 9 aromatic rings. The van der Waals surface area contributed by atoms with Crippen LogP contribution in [0.15, 0.2) is 170 Å². The summed E-state index contributed by atoms with van der Waals surface area (Å²) in [6.45, 7) is 17.5. The number of hydrogen-bond acceptors (Lipinski definition) is 2. The third-order valence-corrected chi connectivity index (χ3v) is 11.6. The molecule has 0 saturated heterocycles. The van der Waals surface area contributed by atoms with E-state index in [2.05, 4.69) is 235 Å². The monoisotopic (exact) mass is 776 g/mol. The lowest BCUT2D eigenvalue weighted by atomic mass is 9.85. The molecule has 0 unspecified atom stereocenters. The highest BCUT2D eigenvalue weighted by Crippen LogP contribution is 2.48. The van der Waals surface area contributed by atoms with Gasteiger partial charge in [-0.2, -0.15) is 0 Å². The molecule has 0 aliphatic heterocycles. The summed E-state index contributed by atoms with van der Waals surface area (Å²) < 4.78 is 0. The van der Waals surface area contributed by atoms with Gasteiger partial charge in [-0.1, -0.05) is 97.1 Å². The van der Waals surface area contributed by atoms with Crippen molar-refractivity contribution in [1.82, 2.24) is 0 Å². The van der Waals surface area contributed by atoms with Crippen LogP contribution in [-0.2, 0) is 0 Å². The third-order valence-electron chi connectivity index (χ3n) is 11.6. The van der Waals surface area contributed by atoms with Crippen molar-refractivity contribution in [2.45, 2.75) is 55.4 Å². The second kappa shape index (κ2) is 15.7. The van der Waals surface area contributed by atoms with Crippen LogP contribution < -0.4 is 9.80 Å². The molecule has 60 heavy (non-hydrogen) atoms. The molecule has 0 atom stereocenters. The van der Waals surface area contributed by atoms with E-state index in [1.165, 1.54) is 88.3 Å². The number of rotatable bonds is 8. The summed E-state index contributed by atoms with van der Waals surface area (Å²) in [7, 11) is 0. The summed E-state index contributed by atoms with van der Waals surface area (Å²) in [5.41, 5.74) is 21.7. The molecule has 2 nitrogen and oxygen atoms in total. The summed E-state index contributed by atoms with van der Waals surface area (Å²) in [4.78, 5) is 4.88. The van der Waals surface area contributed by atoms with E-state index in [1.54, 1.807) is 0 Å². The Morgan fingerprint density at radius 1 is 0.233 bits per heavy atom. The van der Waals surface area contributed by atoms with Crippen LogP contribution in [0, 0.1) is 55.4 Å². The Labute approximate surface area is 356 Å². The molecule has 0 saturated carbocycles. The van der Waals surface area contributed by atoms with Crippen LogP contribution in [0.1, 0.15) is 44.5 Å². The SMILES string of the molecule is Cc1cc(C)cc(N(c2cc(C)cc(C)c2)c2ccc3c(-c4ccccc4)c4cc(N(c5cc(C)cc(C)c5)c5cc(C)cc(C)c5)ccc4c(-c4ccccc4)c3c2)c1. The summed E-state index contributed by atoms with van der Waals surface area (Å²) in [5, 5.41) is 4.88. The lowest BCUT2D eigenvalue weighted by Crippen LogP contribution is -2.11. The molecule has 294 valence electrons. The largest absolute Gasteiger partial charge is 0.310 e. The number of hydrogen-bond donors (Lipinski definition) is 0. The van der Waals surface area contributed by atoms with E-state index in [-0.39, 0.29) is 0 Å². The second-order valence-electron chi connectivity index (χ2n) is 17.0. The number of aryl methyl sites for hydroxylation is 8. The lowest BCUT2D eigenvalue weighted by Gasteiger charge is -2.29. The fourth-order valence-electron chi connectivity index (χ4n) is 9.53. The van der Waals surface area contributed by atoms with E-state index in [0.29, 0.717) is 0 Å². The molecular formula is C58H52N2. The Kier molecular flexibility index (Phi) is 10.1. The van der Waals surface area contributed by atoms with Crippen LogP contribution in [0.25, 0.3) is 43.8 Å². The van der Waals surface area contributed by atoms with Gasteiger partial charge in [-0.3, -0.25) is 0 Å². The van der Waals surface area contributed by atoms with Crippen LogP contribution in [0.2, 0.25) is 0 Å². The summed E-state index contributed by atoms with van der Waals surface area (Å²) in [6.07, 6.45) is 0. The molecule has 9 aromatic carbocycles. The molecule has 0 amide bonds. The fraction of sp³-hybridized carbons (Fsp3) is 0.138. The molecular weight excluding hydrogens is 725 g/mol. The van der Waals surface area contributed by atoms with Crippen LogP contribution in [0.4, 0.5) is 34.1 Å². The van der Waals surface area contributed by atoms with E-state index in [4.69, 9.17) is 0 Å². The van der Waals surface area contributed by atoms with Gasteiger partial charge in [0.25, 0.3) is 0 Å². The van der Waals surface area contributed by atoms with Gasteiger partial charge in [0.2, 0.25) is 0 Å². The summed E-state index contributed by atoms with van der Waals surface area (Å²) in [6, 6.07) is 63.7. The Balaban J connectivity index is 1.39. The zero-order chi connectivity index (χ0) is 41.7. The maximum absolute atomic E-state index is 2.44. The first kappa shape index (κ1) is 38.6. The van der Waals surface area contributed by atoms with E-state index < -0.39 is 0 Å². The van der Waals surface area contributed by atoms with Crippen molar-refractivity contribution in [2.24, 2.45) is 0 Å². The molecule has 2 heteroatoms. The van der Waals surface area contributed by atoms with Crippen LogP contribution >= 0.6 is 0 Å². The van der Waals surface area contributed by atoms with Crippen molar-refractivity contribution in [3.05, 3.63) is 214 Å². The number of nitrogens with zero attached hydrogens (tertiary/aromatic N) is 2. The minimum Gasteiger partial charge on any atom is -0.310 e. The van der Waals surface area contributed by atoms with E-state index in [1.807, 2.05) is 0 Å². The van der Waals surface area contributed by atoms with Crippen LogP contribution in [0.5, 0.6) is 0 Å². The number of anilines is 6. The molecule has 0 heterocycles. The predicted octanol–water partition coefficient (Wildman–Crippen LogP) is 16.7. The van der Waals surface area contributed by atoms with Gasteiger partial charge in [-0.25, -0.2) is 0 Å². The van der Waals surface area contributed by atoms with Crippen molar-refractivity contribution in [3.8, 4) is 22.3 Å². The minimum absolute atomic E-state index is 1.13. The van der Waals surface area contributed by atoms with Gasteiger partial charge in [-0.15, -0.1) is 0 Å². The Morgan fingerprint density at radius 3 is 0.767 bits per heavy atom. The maximum atomic E-state index is 2.44. The highest BCUT2D eigenvalue weighted by molar-refractivity contribution is 6.22. The molecule has 0 aliphatic carbocycles. The van der Waals surface area contributed by atoms with Crippen molar-refractivity contribution in [3.63, 3.8) is 0 Å². The van der Waals surface area contributed by atoms with Crippen molar-refractivity contribution < 1.29 is 0 Å². The van der Waals surface area contributed by atoms with Gasteiger partial charge in [-0.05, 0) is 216 Å². The van der Waals surface area contributed by atoms with Crippen molar-refractivity contribution in [1.29, 1.82) is 0 Å². The molecule has 0 aliphatic rings. The molecule has 9 rings (SSSR count). The smallest absolute Gasteiger partial charge is 0.0468 e. The topological polar surface area (TPSA) is 6.48 Å². The molecule has 0 radical (unpaired) electrons. The van der Waals surface area contributed by atoms with Gasteiger partial charge >= 0.3 is 0 Å². The zero-order valence-electron chi connectivity index (χ0n) is 36.1. The number of fused-ring (bicyclic) bond motifs is 2. The maximum Gasteiger partial charge on any atom is 0.0468 e. The van der Waals surface area contributed by atoms with Gasteiger partial charge < -0.3 is 9.80 Å². The average Bonchev–Trinajstić information content (AvgIpc) is 3.19. The van der Waals surface area contributed by atoms with E-state index in [0.717, 1.165) is 34.1 Å². The minimum atomic E-state index is 1.13. The van der Waals surface area contributed by atoms with E-state index >= 15 is 0 Å². The fourth-order valence-corrected chi connectivity index (χ4v) is 9.53. The molecule has 0 aromatic heterocycles. The standard InChI is InChI=1S/C58H52N2/c1-37-23-38(2)28-49(27-37)59(50-29-39(3)24-40(4)30-50)47-19-21-53-55(35-47)57(45-15-11-9-12-16-45)54-22-20-48(36-56(54)58(53)46-17-13-10-14-18-46)60(51-31-41(5)25-42(6)32-51)52-33-43(7)26-44(8)34-52/h9-36H,1-8H3. The number of benzene rings is 9. The first-order valence-electron chi connectivity index (χ1n) is 21.1.